The van der Waals surface area contributed by atoms with Gasteiger partial charge in [0.25, 0.3) is 5.69 Å². The van der Waals surface area contributed by atoms with Crippen molar-refractivity contribution in [1.82, 2.24) is 4.90 Å². The molecule has 1 atom stereocenters. The molecule has 0 N–H and O–H groups in total. The lowest BCUT2D eigenvalue weighted by Crippen LogP contribution is -2.35. The number of likely N-dealkylation sites (tertiary alicyclic amines) is 1. The molecule has 0 unspecified atom stereocenters. The molecule has 2 rings (SSSR count). The molecule has 0 aliphatic carbocycles. The predicted molar refractivity (Wildman–Crippen MR) is 72.0 cm³/mol. The number of carbonyl (C=O) groups is 1. The minimum Gasteiger partial charge on any atom is -0.341 e. The second kappa shape index (κ2) is 5.78. The number of rotatable bonds is 4. The average Bonchev–Trinajstić information content (AvgIpc) is 2.85. The maximum Gasteiger partial charge on any atom is 0.342 e. The average molecular weight is 314 g/mol. The molecule has 1 aromatic carbocycles. The van der Waals surface area contributed by atoms with Crippen molar-refractivity contribution in [3.63, 3.8) is 0 Å². The third kappa shape index (κ3) is 3.37. The zero-order chi connectivity index (χ0) is 15.6. The van der Waals surface area contributed by atoms with Crippen LogP contribution in [0.25, 0.3) is 0 Å². The van der Waals surface area contributed by atoms with Gasteiger partial charge in [-0.05, 0) is 32.5 Å². The van der Waals surface area contributed by atoms with Crippen molar-refractivity contribution in [2.24, 2.45) is 0 Å². The summed E-state index contributed by atoms with van der Waals surface area (Å²) in [7, 11) is -2.65. The van der Waals surface area contributed by atoms with E-state index in [0.29, 0.717) is 13.0 Å². The number of hydrogen-bond acceptors (Lipinski definition) is 7. The lowest BCUT2D eigenvalue weighted by atomic mass is 10.2. The Hall–Kier alpha value is -2.00. The van der Waals surface area contributed by atoms with Gasteiger partial charge in [0.05, 0.1) is 4.92 Å². The summed E-state index contributed by atoms with van der Waals surface area (Å²) in [6.07, 6.45) is 1.31. The molecule has 0 bridgehead atoms. The summed E-state index contributed by atoms with van der Waals surface area (Å²) in [5, 5.41) is 10.7. The van der Waals surface area contributed by atoms with E-state index in [9.17, 15) is 23.3 Å². The molecule has 0 saturated carbocycles. The second-order valence-electron chi connectivity index (χ2n) is 4.75. The van der Waals surface area contributed by atoms with Crippen LogP contribution in [0.15, 0.2) is 29.2 Å². The third-order valence-corrected chi connectivity index (χ3v) is 4.52. The Kier molecular flexibility index (Phi) is 4.24. The summed E-state index contributed by atoms with van der Waals surface area (Å²) in [6.45, 7) is 0.691. The van der Waals surface area contributed by atoms with Crippen molar-refractivity contribution in [3.8, 4) is 0 Å². The van der Waals surface area contributed by atoms with Crippen LogP contribution in [0.3, 0.4) is 0 Å². The standard InChI is InChI=1S/C12H14N2O6S/c1-13-7-3-6-11(13)12(15)20-21(18,19)10-5-2-4-9(8-10)14(16)17/h2,4-5,8,11H,3,6-7H2,1H3/t11-/m1/s1. The number of nitro benzene ring substituents is 1. The van der Waals surface area contributed by atoms with Crippen LogP contribution in [0.4, 0.5) is 5.69 Å². The first-order valence-corrected chi connectivity index (χ1v) is 7.65. The van der Waals surface area contributed by atoms with Gasteiger partial charge in [-0.3, -0.25) is 15.0 Å². The zero-order valence-electron chi connectivity index (χ0n) is 11.3. The molecule has 8 nitrogen and oxygen atoms in total. The number of nitro groups is 1. The Balaban J connectivity index is 2.20. The van der Waals surface area contributed by atoms with Crippen LogP contribution < -0.4 is 0 Å². The normalized spacial score (nSPS) is 19.4. The number of benzene rings is 1. The summed E-state index contributed by atoms with van der Waals surface area (Å²) >= 11 is 0. The van der Waals surface area contributed by atoms with E-state index in [2.05, 4.69) is 4.18 Å². The molecule has 21 heavy (non-hydrogen) atoms. The van der Waals surface area contributed by atoms with Gasteiger partial charge in [0, 0.05) is 12.1 Å². The summed E-state index contributed by atoms with van der Waals surface area (Å²) in [5.41, 5.74) is -0.384. The monoisotopic (exact) mass is 314 g/mol. The van der Waals surface area contributed by atoms with E-state index >= 15 is 0 Å². The van der Waals surface area contributed by atoms with Crippen molar-refractivity contribution in [3.05, 3.63) is 34.4 Å². The summed E-state index contributed by atoms with van der Waals surface area (Å²) in [5.74, 6) is -0.860. The Morgan fingerprint density at radius 2 is 2.19 bits per heavy atom. The lowest BCUT2D eigenvalue weighted by molar-refractivity contribution is -0.385. The summed E-state index contributed by atoms with van der Waals surface area (Å²) in [6, 6.07) is 3.79. The van der Waals surface area contributed by atoms with Crippen LogP contribution in [-0.2, 0) is 19.1 Å². The van der Waals surface area contributed by atoms with E-state index in [1.165, 1.54) is 6.07 Å². The Bertz CT molecular complexity index is 672. The van der Waals surface area contributed by atoms with Crippen LogP contribution in [0.2, 0.25) is 0 Å². The smallest absolute Gasteiger partial charge is 0.341 e. The number of likely N-dealkylation sites (N-methyl/N-ethyl adjacent to an activating group) is 1. The molecule has 1 aliphatic heterocycles. The van der Waals surface area contributed by atoms with Crippen LogP contribution in [0.1, 0.15) is 12.8 Å². The van der Waals surface area contributed by atoms with Gasteiger partial charge in [-0.15, -0.1) is 0 Å². The molecule has 1 heterocycles. The molecular weight excluding hydrogens is 300 g/mol. The first-order chi connectivity index (χ1) is 9.81. The van der Waals surface area contributed by atoms with Gasteiger partial charge < -0.3 is 4.18 Å². The molecule has 114 valence electrons. The third-order valence-electron chi connectivity index (χ3n) is 3.30. The van der Waals surface area contributed by atoms with Gasteiger partial charge in [-0.1, -0.05) is 6.07 Å². The topological polar surface area (TPSA) is 107 Å². The highest BCUT2D eigenvalue weighted by Gasteiger charge is 2.33. The highest BCUT2D eigenvalue weighted by Crippen LogP contribution is 2.22. The van der Waals surface area contributed by atoms with Gasteiger partial charge in [-0.2, -0.15) is 8.42 Å². The van der Waals surface area contributed by atoms with Gasteiger partial charge in [0.15, 0.2) is 0 Å². The number of non-ortho nitro benzene ring substituents is 1. The number of nitrogens with zero attached hydrogens (tertiary/aromatic N) is 2. The summed E-state index contributed by atoms with van der Waals surface area (Å²) in [4.78, 5) is 23.1. The van der Waals surface area contributed by atoms with Crippen molar-refractivity contribution in [2.45, 2.75) is 23.8 Å². The van der Waals surface area contributed by atoms with E-state index in [1.54, 1.807) is 11.9 Å². The molecule has 1 aromatic rings. The maximum atomic E-state index is 12.0. The molecular formula is C12H14N2O6S. The quantitative estimate of drug-likeness (QED) is 0.462. The molecule has 0 radical (unpaired) electrons. The minimum absolute atomic E-state index is 0.384. The lowest BCUT2D eigenvalue weighted by Gasteiger charge is -2.17. The Morgan fingerprint density at radius 1 is 1.48 bits per heavy atom. The van der Waals surface area contributed by atoms with E-state index in [0.717, 1.165) is 24.6 Å². The van der Waals surface area contributed by atoms with E-state index in [-0.39, 0.29) is 5.69 Å². The first-order valence-electron chi connectivity index (χ1n) is 6.24. The molecule has 9 heteroatoms. The van der Waals surface area contributed by atoms with Crippen molar-refractivity contribution >= 4 is 21.8 Å². The molecule has 0 amide bonds. The largest absolute Gasteiger partial charge is 0.342 e. The van der Waals surface area contributed by atoms with Crippen molar-refractivity contribution in [1.29, 1.82) is 0 Å². The van der Waals surface area contributed by atoms with Gasteiger partial charge >= 0.3 is 16.1 Å². The minimum atomic E-state index is -4.36. The first kappa shape index (κ1) is 15.4. The van der Waals surface area contributed by atoms with Crippen LogP contribution in [0, 0.1) is 10.1 Å². The van der Waals surface area contributed by atoms with Crippen LogP contribution in [-0.4, -0.2) is 43.8 Å². The maximum absolute atomic E-state index is 12.0. The SMILES string of the molecule is CN1CCC[C@@H]1C(=O)OS(=O)(=O)c1cccc([N+](=O)[O-])c1. The Morgan fingerprint density at radius 3 is 2.76 bits per heavy atom. The second-order valence-corrected chi connectivity index (χ2v) is 6.30. The molecule has 1 saturated heterocycles. The van der Waals surface area contributed by atoms with Crippen molar-refractivity contribution < 1.29 is 22.3 Å². The highest BCUT2D eigenvalue weighted by molar-refractivity contribution is 7.87. The van der Waals surface area contributed by atoms with E-state index in [4.69, 9.17) is 0 Å². The van der Waals surface area contributed by atoms with Crippen LogP contribution in [0.5, 0.6) is 0 Å². The molecule has 0 aromatic heterocycles. The van der Waals surface area contributed by atoms with Crippen molar-refractivity contribution in [2.75, 3.05) is 13.6 Å². The fraction of sp³-hybridized carbons (Fsp3) is 0.417. The van der Waals surface area contributed by atoms with Gasteiger partial charge in [-0.25, -0.2) is 4.79 Å². The predicted octanol–water partition coefficient (Wildman–Crippen LogP) is 0.921. The fourth-order valence-corrected chi connectivity index (χ4v) is 3.11. The van der Waals surface area contributed by atoms with Crippen LogP contribution >= 0.6 is 0 Å². The Labute approximate surface area is 121 Å². The molecule has 1 fully saturated rings. The van der Waals surface area contributed by atoms with Gasteiger partial charge in [0.2, 0.25) is 0 Å². The fourth-order valence-electron chi connectivity index (χ4n) is 2.17. The van der Waals surface area contributed by atoms with E-state index < -0.39 is 31.9 Å². The summed E-state index contributed by atoms with van der Waals surface area (Å²) < 4.78 is 28.6. The van der Waals surface area contributed by atoms with E-state index in [1.807, 2.05) is 0 Å². The number of hydrogen-bond donors (Lipinski definition) is 0. The van der Waals surface area contributed by atoms with Gasteiger partial charge in [0.1, 0.15) is 10.9 Å². The molecule has 0 spiro atoms. The highest BCUT2D eigenvalue weighted by atomic mass is 32.2. The zero-order valence-corrected chi connectivity index (χ0v) is 12.1. The number of carbonyl (C=O) groups excluding carboxylic acids is 1. The molecule has 1 aliphatic rings.